The van der Waals surface area contributed by atoms with Crippen molar-refractivity contribution >= 4 is 5.97 Å². The lowest BCUT2D eigenvalue weighted by atomic mass is 9.96. The molecule has 1 aromatic carbocycles. The van der Waals surface area contributed by atoms with Gasteiger partial charge in [0.15, 0.2) is 18.6 Å². The van der Waals surface area contributed by atoms with Crippen molar-refractivity contribution < 1.29 is 28.1 Å². The maximum Gasteiger partial charge on any atom is 0.311 e. The molecule has 0 spiro atoms. The lowest BCUT2D eigenvalue weighted by Crippen LogP contribution is -2.57. The molecule has 5 nitrogen and oxygen atoms in total. The summed E-state index contributed by atoms with van der Waals surface area (Å²) < 4.78 is 37.2. The molecule has 2 heterocycles. The van der Waals surface area contributed by atoms with Gasteiger partial charge in [-0.2, -0.15) is 0 Å². The topological polar surface area (TPSA) is 54.0 Å². The maximum absolute atomic E-state index is 14.9. The van der Waals surface area contributed by atoms with Crippen LogP contribution in [0.2, 0.25) is 0 Å². The molecule has 1 aromatic rings. The molecule has 0 radical (unpaired) electrons. The lowest BCUT2D eigenvalue weighted by molar-refractivity contribution is -0.306. The first-order valence-electron chi connectivity index (χ1n) is 8.15. The number of halogens is 1. The first-order chi connectivity index (χ1) is 11.4. The van der Waals surface area contributed by atoms with Gasteiger partial charge in [0, 0.05) is 5.56 Å². The summed E-state index contributed by atoms with van der Waals surface area (Å²) >= 11 is 0. The van der Waals surface area contributed by atoms with Crippen LogP contribution < -0.4 is 0 Å². The Morgan fingerprint density at radius 2 is 1.88 bits per heavy atom. The summed E-state index contributed by atoms with van der Waals surface area (Å²) in [5.41, 5.74) is 0.122. The van der Waals surface area contributed by atoms with Crippen molar-refractivity contribution in [3.8, 4) is 0 Å². The van der Waals surface area contributed by atoms with E-state index in [9.17, 15) is 9.18 Å². The number of hydrogen-bond donors (Lipinski definition) is 0. The molecule has 0 bridgehead atoms. The predicted molar refractivity (Wildman–Crippen MR) is 84.0 cm³/mol. The third-order valence-electron chi connectivity index (χ3n) is 4.15. The third-order valence-corrected chi connectivity index (χ3v) is 4.15. The molecule has 2 saturated heterocycles. The first kappa shape index (κ1) is 17.3. The van der Waals surface area contributed by atoms with E-state index in [1.54, 1.807) is 20.8 Å². The van der Waals surface area contributed by atoms with Gasteiger partial charge in [0.05, 0.1) is 18.6 Å². The van der Waals surface area contributed by atoms with E-state index in [1.807, 2.05) is 30.3 Å². The van der Waals surface area contributed by atoms with Crippen molar-refractivity contribution in [1.29, 1.82) is 0 Å². The average Bonchev–Trinajstić information content (AvgIpc) is 2.57. The normalized spacial score (nSPS) is 33.6. The number of hydrogen-bond acceptors (Lipinski definition) is 5. The number of carbonyl (C=O) groups excluding carboxylic acids is 1. The second-order valence-electron chi connectivity index (χ2n) is 7.19. The van der Waals surface area contributed by atoms with Crippen molar-refractivity contribution in [3.05, 3.63) is 35.9 Å². The number of fused-ring (bicyclic) bond motifs is 1. The molecule has 3 rings (SSSR count). The number of benzene rings is 1. The minimum absolute atomic E-state index is 0.00682. The van der Waals surface area contributed by atoms with Gasteiger partial charge in [-0.05, 0) is 20.8 Å². The SMILES string of the molecule is CC(C)(C)C(=O)O[C@H]1CO[C@@H]2CO[C@@H](c3ccccc3)OC2[C@@H]1F. The van der Waals surface area contributed by atoms with Crippen LogP contribution in [-0.2, 0) is 23.7 Å². The lowest BCUT2D eigenvalue weighted by Gasteiger charge is -2.43. The van der Waals surface area contributed by atoms with Gasteiger partial charge in [0.25, 0.3) is 0 Å². The van der Waals surface area contributed by atoms with Crippen LogP contribution in [0.4, 0.5) is 4.39 Å². The molecule has 1 unspecified atom stereocenters. The molecule has 132 valence electrons. The molecule has 0 amide bonds. The summed E-state index contributed by atoms with van der Waals surface area (Å²) in [6, 6.07) is 9.34. The van der Waals surface area contributed by atoms with Gasteiger partial charge in [-0.1, -0.05) is 30.3 Å². The monoisotopic (exact) mass is 338 g/mol. The van der Waals surface area contributed by atoms with Gasteiger partial charge in [0.1, 0.15) is 12.2 Å². The van der Waals surface area contributed by atoms with E-state index in [0.717, 1.165) is 5.56 Å². The minimum Gasteiger partial charge on any atom is -0.456 e. The van der Waals surface area contributed by atoms with Crippen molar-refractivity contribution in [2.75, 3.05) is 13.2 Å². The van der Waals surface area contributed by atoms with Gasteiger partial charge >= 0.3 is 5.97 Å². The van der Waals surface area contributed by atoms with Crippen LogP contribution >= 0.6 is 0 Å². The predicted octanol–water partition coefficient (Wildman–Crippen LogP) is 2.80. The summed E-state index contributed by atoms with van der Waals surface area (Å²) in [5.74, 6) is -0.455. The number of ether oxygens (including phenoxy) is 4. The van der Waals surface area contributed by atoms with Crippen molar-refractivity contribution in [1.82, 2.24) is 0 Å². The zero-order valence-corrected chi connectivity index (χ0v) is 14.1. The highest BCUT2D eigenvalue weighted by molar-refractivity contribution is 5.75. The van der Waals surface area contributed by atoms with Gasteiger partial charge in [0.2, 0.25) is 0 Å². The van der Waals surface area contributed by atoms with E-state index in [0.29, 0.717) is 0 Å². The largest absolute Gasteiger partial charge is 0.456 e. The maximum atomic E-state index is 14.9. The van der Waals surface area contributed by atoms with Crippen LogP contribution in [0.1, 0.15) is 32.6 Å². The minimum atomic E-state index is -1.45. The number of carbonyl (C=O) groups is 1. The van der Waals surface area contributed by atoms with Gasteiger partial charge in [-0.25, -0.2) is 4.39 Å². The third kappa shape index (κ3) is 3.61. The molecule has 0 saturated carbocycles. The summed E-state index contributed by atoms with van der Waals surface area (Å²) in [7, 11) is 0. The summed E-state index contributed by atoms with van der Waals surface area (Å²) in [6.45, 7) is 5.43. The van der Waals surface area contributed by atoms with Crippen LogP contribution in [0.25, 0.3) is 0 Å². The number of alkyl halides is 1. The Bertz CT molecular complexity index is 571. The standard InChI is InChI=1S/C18H23FO5/c1-18(2,3)17(20)23-12-9-21-13-10-22-16(24-15(13)14(12)19)11-7-5-4-6-8-11/h4-8,12-16H,9-10H2,1-3H3/t12-,13+,14+,15?,16+/m0/s1. The molecule has 0 aliphatic carbocycles. The molecule has 2 fully saturated rings. The van der Waals surface area contributed by atoms with Crippen LogP contribution in [0.15, 0.2) is 30.3 Å². The van der Waals surface area contributed by atoms with Gasteiger partial charge < -0.3 is 18.9 Å². The zero-order valence-electron chi connectivity index (χ0n) is 14.1. The fourth-order valence-corrected chi connectivity index (χ4v) is 2.69. The Morgan fingerprint density at radius 1 is 1.17 bits per heavy atom. The van der Waals surface area contributed by atoms with Crippen molar-refractivity contribution in [2.45, 2.75) is 51.5 Å². The Morgan fingerprint density at radius 3 is 2.54 bits per heavy atom. The summed E-state index contributed by atoms with van der Waals surface area (Å²) in [6.07, 6.45) is -4.39. The van der Waals surface area contributed by atoms with E-state index in [1.165, 1.54) is 0 Å². The highest BCUT2D eigenvalue weighted by atomic mass is 19.1. The Labute approximate surface area is 141 Å². The van der Waals surface area contributed by atoms with Crippen LogP contribution in [0.5, 0.6) is 0 Å². The molecule has 2 aliphatic rings. The first-order valence-corrected chi connectivity index (χ1v) is 8.15. The quantitative estimate of drug-likeness (QED) is 0.776. The molecule has 6 heteroatoms. The highest BCUT2D eigenvalue weighted by Gasteiger charge is 2.48. The van der Waals surface area contributed by atoms with Crippen LogP contribution in [0.3, 0.4) is 0 Å². The molecule has 0 N–H and O–H groups in total. The number of esters is 1. The summed E-state index contributed by atoms with van der Waals surface area (Å²) in [5, 5.41) is 0. The summed E-state index contributed by atoms with van der Waals surface area (Å²) in [4.78, 5) is 12.0. The van der Waals surface area contributed by atoms with E-state index in [-0.39, 0.29) is 13.2 Å². The molecule has 5 atom stereocenters. The van der Waals surface area contributed by atoms with Crippen LogP contribution in [-0.4, -0.2) is 43.7 Å². The zero-order chi connectivity index (χ0) is 17.3. The molecule has 0 aromatic heterocycles. The van der Waals surface area contributed by atoms with Gasteiger partial charge in [-0.3, -0.25) is 4.79 Å². The smallest absolute Gasteiger partial charge is 0.311 e. The molecular formula is C18H23FO5. The number of rotatable bonds is 2. The Balaban J connectivity index is 1.68. The second kappa shape index (κ2) is 6.78. The fraction of sp³-hybridized carbons (Fsp3) is 0.611. The average molecular weight is 338 g/mol. The van der Waals surface area contributed by atoms with Crippen molar-refractivity contribution in [3.63, 3.8) is 0 Å². The highest BCUT2D eigenvalue weighted by Crippen LogP contribution is 2.34. The molecular weight excluding hydrogens is 315 g/mol. The Hall–Kier alpha value is -1.50. The van der Waals surface area contributed by atoms with E-state index < -0.39 is 42.2 Å². The fourth-order valence-electron chi connectivity index (χ4n) is 2.69. The van der Waals surface area contributed by atoms with E-state index >= 15 is 0 Å². The van der Waals surface area contributed by atoms with Crippen molar-refractivity contribution in [2.24, 2.45) is 5.41 Å². The van der Waals surface area contributed by atoms with Gasteiger partial charge in [-0.15, -0.1) is 0 Å². The second-order valence-corrected chi connectivity index (χ2v) is 7.19. The Kier molecular flexibility index (Phi) is 4.90. The molecule has 2 aliphatic heterocycles. The van der Waals surface area contributed by atoms with E-state index in [2.05, 4.69) is 0 Å². The van der Waals surface area contributed by atoms with Crippen LogP contribution in [0, 0.1) is 5.41 Å². The molecule has 24 heavy (non-hydrogen) atoms. The van der Waals surface area contributed by atoms with E-state index in [4.69, 9.17) is 18.9 Å².